The van der Waals surface area contributed by atoms with E-state index in [4.69, 9.17) is 6.42 Å². The van der Waals surface area contributed by atoms with E-state index in [-0.39, 0.29) is 18.5 Å². The van der Waals surface area contributed by atoms with Crippen molar-refractivity contribution in [2.45, 2.75) is 19.8 Å². The van der Waals surface area contributed by atoms with Crippen LogP contribution in [0.25, 0.3) is 0 Å². The van der Waals surface area contributed by atoms with Crippen molar-refractivity contribution < 1.29 is 9.59 Å². The molecule has 0 spiro atoms. The van der Waals surface area contributed by atoms with E-state index in [1.54, 1.807) is 0 Å². The van der Waals surface area contributed by atoms with E-state index < -0.39 is 0 Å². The first-order valence-electron chi connectivity index (χ1n) is 8.61. The van der Waals surface area contributed by atoms with Crippen LogP contribution >= 0.6 is 0 Å². The van der Waals surface area contributed by atoms with Crippen molar-refractivity contribution in [1.82, 2.24) is 15.5 Å². The number of aryl methyl sites for hydroxylation is 1. The second-order valence-corrected chi connectivity index (χ2v) is 6.43. The van der Waals surface area contributed by atoms with Gasteiger partial charge in [0.05, 0.1) is 13.1 Å². The minimum atomic E-state index is -0.201. The van der Waals surface area contributed by atoms with Crippen LogP contribution in [0, 0.1) is 25.2 Å². The first-order valence-corrected chi connectivity index (χ1v) is 8.61. The summed E-state index contributed by atoms with van der Waals surface area (Å²) in [6, 6.07) is 7.48. The van der Waals surface area contributed by atoms with E-state index in [2.05, 4.69) is 26.8 Å². The van der Waals surface area contributed by atoms with Crippen molar-refractivity contribution in [3.8, 4) is 12.3 Å². The lowest BCUT2D eigenvalue weighted by atomic mass is 9.98. The summed E-state index contributed by atoms with van der Waals surface area (Å²) >= 11 is 0. The molecule has 0 aromatic heterocycles. The van der Waals surface area contributed by atoms with Gasteiger partial charge in [0, 0.05) is 18.8 Å². The third-order valence-corrected chi connectivity index (χ3v) is 4.22. The molecule has 0 bridgehead atoms. The number of terminal acetylenes is 1. The Bertz CT molecular complexity index is 621. The first-order chi connectivity index (χ1) is 12.1. The molecule has 1 saturated heterocycles. The molecule has 2 rings (SSSR count). The van der Waals surface area contributed by atoms with Crippen LogP contribution in [0.2, 0.25) is 0 Å². The quantitative estimate of drug-likeness (QED) is 0.687. The van der Waals surface area contributed by atoms with Crippen molar-refractivity contribution in [1.29, 1.82) is 0 Å². The predicted octanol–water partition coefficient (Wildman–Crippen LogP) is 1.58. The maximum Gasteiger partial charge on any atom is 0.319 e. The van der Waals surface area contributed by atoms with E-state index in [0.717, 1.165) is 37.2 Å². The molecule has 1 aromatic rings. The molecule has 1 aliphatic rings. The van der Waals surface area contributed by atoms with Gasteiger partial charge in [-0.25, -0.2) is 4.79 Å². The second kappa shape index (κ2) is 9.70. The average Bonchev–Trinajstić information content (AvgIpc) is 2.60. The molecular formula is C19H26N4O2. The Morgan fingerprint density at radius 2 is 2.04 bits per heavy atom. The lowest BCUT2D eigenvalue weighted by Crippen LogP contribution is -2.45. The van der Waals surface area contributed by atoms with Gasteiger partial charge in [-0.15, -0.1) is 6.42 Å². The zero-order chi connectivity index (χ0) is 18.1. The van der Waals surface area contributed by atoms with Gasteiger partial charge in [0.1, 0.15) is 0 Å². The zero-order valence-electron chi connectivity index (χ0n) is 14.7. The summed E-state index contributed by atoms with van der Waals surface area (Å²) in [5.74, 6) is 2.69. The van der Waals surface area contributed by atoms with E-state index >= 15 is 0 Å². The van der Waals surface area contributed by atoms with Crippen LogP contribution in [0.3, 0.4) is 0 Å². The van der Waals surface area contributed by atoms with Crippen LogP contribution in [-0.4, -0.2) is 49.6 Å². The van der Waals surface area contributed by atoms with Crippen LogP contribution in [0.5, 0.6) is 0 Å². The average molecular weight is 342 g/mol. The molecule has 1 aromatic carbocycles. The highest BCUT2D eigenvalue weighted by Crippen LogP contribution is 2.15. The number of urea groups is 1. The van der Waals surface area contributed by atoms with Gasteiger partial charge in [-0.3, -0.25) is 9.69 Å². The van der Waals surface area contributed by atoms with Crippen LogP contribution in [0.4, 0.5) is 10.5 Å². The number of rotatable bonds is 6. The number of likely N-dealkylation sites (tertiary alicyclic amines) is 1. The maximum atomic E-state index is 12.0. The molecule has 0 unspecified atom stereocenters. The lowest BCUT2D eigenvalue weighted by molar-refractivity contribution is -0.122. The molecule has 25 heavy (non-hydrogen) atoms. The molecule has 1 fully saturated rings. The van der Waals surface area contributed by atoms with Crippen LogP contribution < -0.4 is 16.0 Å². The van der Waals surface area contributed by atoms with Gasteiger partial charge in [-0.2, -0.15) is 0 Å². The number of piperidine rings is 1. The predicted molar refractivity (Wildman–Crippen MR) is 99.2 cm³/mol. The summed E-state index contributed by atoms with van der Waals surface area (Å²) in [5, 5.41) is 8.43. The summed E-state index contributed by atoms with van der Waals surface area (Å²) in [6.45, 7) is 4.92. The summed E-state index contributed by atoms with van der Waals surface area (Å²) < 4.78 is 0. The number of nitrogens with one attached hydrogen (secondary N) is 3. The SMILES string of the molecule is C#CCNC(=O)CN1CCC[C@H](CNC(=O)Nc2ccc(C)cc2)C1. The molecule has 3 amide bonds. The van der Waals surface area contributed by atoms with Crippen LogP contribution in [-0.2, 0) is 4.79 Å². The van der Waals surface area contributed by atoms with E-state index in [0.29, 0.717) is 19.0 Å². The third kappa shape index (κ3) is 6.86. The Kier molecular flexibility index (Phi) is 7.30. The summed E-state index contributed by atoms with van der Waals surface area (Å²) in [4.78, 5) is 25.9. The van der Waals surface area contributed by atoms with Gasteiger partial charge in [0.15, 0.2) is 0 Å². The fourth-order valence-corrected chi connectivity index (χ4v) is 2.92. The number of amides is 3. The maximum absolute atomic E-state index is 12.0. The number of carbonyl (C=O) groups is 2. The van der Waals surface area contributed by atoms with Crippen molar-refractivity contribution in [2.75, 3.05) is 38.0 Å². The molecule has 0 aliphatic carbocycles. The Morgan fingerprint density at radius 3 is 2.76 bits per heavy atom. The summed E-state index contributed by atoms with van der Waals surface area (Å²) in [6.07, 6.45) is 7.21. The molecule has 1 heterocycles. The molecule has 0 saturated carbocycles. The first kappa shape index (κ1) is 18.8. The van der Waals surface area contributed by atoms with Gasteiger partial charge in [0.2, 0.25) is 5.91 Å². The molecule has 0 radical (unpaired) electrons. The van der Waals surface area contributed by atoms with Crippen LogP contribution in [0.15, 0.2) is 24.3 Å². The highest BCUT2D eigenvalue weighted by molar-refractivity contribution is 5.89. The van der Waals surface area contributed by atoms with Crippen molar-refractivity contribution in [2.24, 2.45) is 5.92 Å². The fourth-order valence-electron chi connectivity index (χ4n) is 2.92. The van der Waals surface area contributed by atoms with Gasteiger partial charge >= 0.3 is 6.03 Å². The van der Waals surface area contributed by atoms with Gasteiger partial charge in [-0.05, 0) is 44.4 Å². The van der Waals surface area contributed by atoms with Gasteiger partial charge in [-0.1, -0.05) is 23.6 Å². The van der Waals surface area contributed by atoms with Crippen molar-refractivity contribution in [3.63, 3.8) is 0 Å². The third-order valence-electron chi connectivity index (χ3n) is 4.22. The smallest absolute Gasteiger partial charge is 0.319 e. The number of anilines is 1. The van der Waals surface area contributed by atoms with Crippen LogP contribution in [0.1, 0.15) is 18.4 Å². The Labute approximate surface area is 149 Å². The molecule has 1 aliphatic heterocycles. The largest absolute Gasteiger partial charge is 0.344 e. The number of carbonyl (C=O) groups excluding carboxylic acids is 2. The minimum Gasteiger partial charge on any atom is -0.344 e. The van der Waals surface area contributed by atoms with Crippen molar-refractivity contribution >= 4 is 17.6 Å². The lowest BCUT2D eigenvalue weighted by Gasteiger charge is -2.32. The monoisotopic (exact) mass is 342 g/mol. The van der Waals surface area contributed by atoms with E-state index in [9.17, 15) is 9.59 Å². The summed E-state index contributed by atoms with van der Waals surface area (Å²) in [5.41, 5.74) is 1.93. The number of hydrogen-bond donors (Lipinski definition) is 3. The Morgan fingerprint density at radius 1 is 1.28 bits per heavy atom. The Balaban J connectivity index is 1.71. The molecular weight excluding hydrogens is 316 g/mol. The highest BCUT2D eigenvalue weighted by atomic mass is 16.2. The molecule has 1 atom stereocenters. The Hall–Kier alpha value is -2.52. The number of benzene rings is 1. The van der Waals surface area contributed by atoms with Crippen molar-refractivity contribution in [3.05, 3.63) is 29.8 Å². The fraction of sp³-hybridized carbons (Fsp3) is 0.474. The second-order valence-electron chi connectivity index (χ2n) is 6.43. The topological polar surface area (TPSA) is 73.5 Å². The highest BCUT2D eigenvalue weighted by Gasteiger charge is 2.21. The minimum absolute atomic E-state index is 0.0522. The standard InChI is InChI=1S/C19H26N4O2/c1-3-10-20-18(24)14-23-11-4-5-16(13-23)12-21-19(25)22-17-8-6-15(2)7-9-17/h1,6-9,16H,4-5,10-14H2,2H3,(H,20,24)(H2,21,22,25)/t16-/m1/s1. The molecule has 6 nitrogen and oxygen atoms in total. The summed E-state index contributed by atoms with van der Waals surface area (Å²) in [7, 11) is 0. The molecule has 134 valence electrons. The van der Waals surface area contributed by atoms with Gasteiger partial charge in [0.25, 0.3) is 0 Å². The number of nitrogens with zero attached hydrogens (tertiary/aromatic N) is 1. The molecule has 6 heteroatoms. The van der Waals surface area contributed by atoms with E-state index in [1.165, 1.54) is 0 Å². The van der Waals surface area contributed by atoms with Gasteiger partial charge < -0.3 is 16.0 Å². The normalized spacial score (nSPS) is 17.4. The molecule has 3 N–H and O–H groups in total. The zero-order valence-corrected chi connectivity index (χ0v) is 14.7. The number of hydrogen-bond acceptors (Lipinski definition) is 3. The van der Waals surface area contributed by atoms with E-state index in [1.807, 2.05) is 31.2 Å².